The number of quaternary nitrogens is 1. The fourth-order valence-corrected chi connectivity index (χ4v) is 3.38. The van der Waals surface area contributed by atoms with Crippen LogP contribution in [0.15, 0.2) is 23.8 Å². The van der Waals surface area contributed by atoms with Gasteiger partial charge in [-0.2, -0.15) is 0 Å². The molecule has 0 aromatic heterocycles. The fraction of sp³-hybridized carbons (Fsp3) is 0.550. The Morgan fingerprint density at radius 2 is 1.50 bits per heavy atom. The Morgan fingerprint density at radius 1 is 0.969 bits per heavy atom. The van der Waals surface area contributed by atoms with E-state index in [-0.39, 0.29) is 0 Å². The van der Waals surface area contributed by atoms with E-state index in [1.54, 1.807) is 4.90 Å². The summed E-state index contributed by atoms with van der Waals surface area (Å²) < 4.78 is 0. The Labute approximate surface area is 185 Å². The number of non-ortho nitro benzene ring substituents is 1. The van der Waals surface area contributed by atoms with Crippen LogP contribution in [-0.4, -0.2) is 40.2 Å². The summed E-state index contributed by atoms with van der Waals surface area (Å²) in [6, 6.07) is 0.769. The van der Waals surface area contributed by atoms with Gasteiger partial charge < -0.3 is 10.0 Å². The van der Waals surface area contributed by atoms with E-state index in [0.717, 1.165) is 25.8 Å². The highest BCUT2D eigenvalue weighted by atomic mass is 16.6. The smallest absolute Gasteiger partial charge is 0.283 e. The molecular formula is C20H28N4O8. The number of carbonyl (C=O) groups excluding carboxylic acids is 1. The minimum Gasteiger partial charge on any atom is -0.863 e. The molecule has 1 heterocycles. The number of carbonyl (C=O) groups is 1. The highest BCUT2D eigenvalue weighted by molar-refractivity contribution is 5.90. The minimum absolute atomic E-state index is 0.323. The van der Waals surface area contributed by atoms with Crippen molar-refractivity contribution in [3.63, 3.8) is 0 Å². The van der Waals surface area contributed by atoms with Crippen molar-refractivity contribution in [2.75, 3.05) is 19.6 Å². The van der Waals surface area contributed by atoms with E-state index in [2.05, 4.69) is 13.8 Å². The fourth-order valence-electron chi connectivity index (χ4n) is 3.38. The molecule has 0 spiro atoms. The number of nitrogens with one attached hydrogen (secondary N) is 1. The number of benzene rings is 1. The maximum Gasteiger partial charge on any atom is 0.283 e. The van der Waals surface area contributed by atoms with Gasteiger partial charge in [0, 0.05) is 0 Å². The molecule has 0 amide bonds. The lowest BCUT2D eigenvalue weighted by Crippen LogP contribution is -3.12. The molecule has 176 valence electrons. The number of allylic oxidation sites excluding steroid dienone is 2. The number of ketones is 1. The van der Waals surface area contributed by atoms with E-state index in [1.165, 1.54) is 37.9 Å². The van der Waals surface area contributed by atoms with Crippen LogP contribution >= 0.6 is 0 Å². The van der Waals surface area contributed by atoms with Crippen LogP contribution in [0.25, 0.3) is 0 Å². The summed E-state index contributed by atoms with van der Waals surface area (Å²) in [5, 5.41) is 42.1. The third-order valence-electron chi connectivity index (χ3n) is 4.98. The summed E-state index contributed by atoms with van der Waals surface area (Å²) in [6.07, 6.45) is 8.84. The number of hydrogen-bond donors (Lipinski definition) is 1. The van der Waals surface area contributed by atoms with Gasteiger partial charge in [-0.1, -0.05) is 18.9 Å². The molecule has 1 N–H and O–H groups in total. The Bertz CT molecular complexity index is 843. The summed E-state index contributed by atoms with van der Waals surface area (Å²) in [5.74, 6) is -1.13. The molecule has 1 aliphatic rings. The number of piperidine rings is 1. The van der Waals surface area contributed by atoms with E-state index in [0.29, 0.717) is 17.9 Å². The van der Waals surface area contributed by atoms with Crippen molar-refractivity contribution >= 4 is 22.8 Å². The lowest BCUT2D eigenvalue weighted by molar-refractivity contribution is -0.904. The zero-order chi connectivity index (χ0) is 24.3. The molecule has 1 aromatic rings. The second-order valence-electron chi connectivity index (χ2n) is 7.60. The molecule has 0 bridgehead atoms. The summed E-state index contributed by atoms with van der Waals surface area (Å²) in [5.41, 5.74) is -2.03. The molecule has 0 radical (unpaired) electrons. The van der Waals surface area contributed by atoms with Crippen LogP contribution in [0.4, 0.5) is 17.1 Å². The highest BCUT2D eigenvalue weighted by Gasteiger charge is 2.24. The largest absolute Gasteiger partial charge is 0.863 e. The van der Waals surface area contributed by atoms with Crippen molar-refractivity contribution in [2.24, 2.45) is 0 Å². The van der Waals surface area contributed by atoms with Gasteiger partial charge in [0.2, 0.25) is 0 Å². The normalized spacial score (nSPS) is 14.2. The first kappa shape index (κ1) is 26.6. The second-order valence-corrected chi connectivity index (χ2v) is 7.60. The maximum absolute atomic E-state index is 11.7. The lowest BCUT2D eigenvalue weighted by Gasteiger charge is -2.22. The van der Waals surface area contributed by atoms with Gasteiger partial charge in [0.05, 0.1) is 58.7 Å². The summed E-state index contributed by atoms with van der Waals surface area (Å²) in [4.78, 5) is 40.8. The number of likely N-dealkylation sites (tertiary alicyclic amines) is 1. The zero-order valence-electron chi connectivity index (χ0n) is 18.2. The molecular weight excluding hydrogens is 424 g/mol. The van der Waals surface area contributed by atoms with Crippen LogP contribution in [0.3, 0.4) is 0 Å². The van der Waals surface area contributed by atoms with E-state index in [4.69, 9.17) is 0 Å². The van der Waals surface area contributed by atoms with E-state index in [9.17, 15) is 40.2 Å². The quantitative estimate of drug-likeness (QED) is 0.337. The van der Waals surface area contributed by atoms with Crippen molar-refractivity contribution in [2.45, 2.75) is 52.4 Å². The van der Waals surface area contributed by atoms with Crippen LogP contribution in [0.5, 0.6) is 5.75 Å². The third kappa shape index (κ3) is 8.76. The molecule has 12 heteroatoms. The van der Waals surface area contributed by atoms with Crippen LogP contribution in [0.2, 0.25) is 0 Å². The van der Waals surface area contributed by atoms with Gasteiger partial charge >= 0.3 is 0 Å². The predicted octanol–water partition coefficient (Wildman–Crippen LogP) is 2.25. The summed E-state index contributed by atoms with van der Waals surface area (Å²) in [7, 11) is 0. The number of rotatable bonds is 9. The molecule has 32 heavy (non-hydrogen) atoms. The van der Waals surface area contributed by atoms with Crippen molar-refractivity contribution in [3.8, 4) is 5.75 Å². The van der Waals surface area contributed by atoms with Crippen molar-refractivity contribution in [3.05, 3.63) is 54.1 Å². The van der Waals surface area contributed by atoms with E-state index >= 15 is 0 Å². The van der Waals surface area contributed by atoms with Gasteiger partial charge in [0.25, 0.3) is 17.1 Å². The maximum atomic E-state index is 11.7. The molecule has 2 rings (SSSR count). The molecule has 1 fully saturated rings. The molecule has 12 nitrogen and oxygen atoms in total. The van der Waals surface area contributed by atoms with Gasteiger partial charge in [-0.3, -0.25) is 35.1 Å². The Morgan fingerprint density at radius 3 is 1.94 bits per heavy atom. The number of nitrogens with zero attached hydrogens (tertiary/aromatic N) is 3. The van der Waals surface area contributed by atoms with Gasteiger partial charge in [0.1, 0.15) is 0 Å². The van der Waals surface area contributed by atoms with E-state index in [1.807, 2.05) is 6.08 Å². The molecule has 0 unspecified atom stereocenters. The van der Waals surface area contributed by atoms with Gasteiger partial charge in [0.15, 0.2) is 5.78 Å². The number of hydrogen-bond acceptors (Lipinski definition) is 8. The van der Waals surface area contributed by atoms with Crippen LogP contribution in [0, 0.1) is 30.3 Å². The minimum atomic E-state index is -1.46. The highest BCUT2D eigenvalue weighted by Crippen LogP contribution is 2.36. The third-order valence-corrected chi connectivity index (χ3v) is 4.98. The van der Waals surface area contributed by atoms with Gasteiger partial charge in [-0.15, -0.1) is 0 Å². The Kier molecular flexibility index (Phi) is 10.9. The Balaban J connectivity index is 0.000000320. The van der Waals surface area contributed by atoms with Crippen molar-refractivity contribution in [1.29, 1.82) is 0 Å². The van der Waals surface area contributed by atoms with Crippen LogP contribution in [-0.2, 0) is 4.79 Å². The summed E-state index contributed by atoms with van der Waals surface area (Å²) >= 11 is 0. The molecule has 0 aliphatic carbocycles. The molecule has 0 atom stereocenters. The Hall–Kier alpha value is -3.41. The first-order chi connectivity index (χ1) is 15.1. The molecule has 1 aliphatic heterocycles. The number of nitro groups is 3. The van der Waals surface area contributed by atoms with E-state index < -0.39 is 37.6 Å². The van der Waals surface area contributed by atoms with Crippen LogP contribution < -0.4 is 10.0 Å². The van der Waals surface area contributed by atoms with Gasteiger partial charge in [-0.25, -0.2) is 0 Å². The lowest BCUT2D eigenvalue weighted by atomic mass is 10.1. The van der Waals surface area contributed by atoms with Crippen LogP contribution in [0.1, 0.15) is 52.4 Å². The first-order valence-corrected chi connectivity index (χ1v) is 10.4. The monoisotopic (exact) mass is 452 g/mol. The zero-order valence-corrected chi connectivity index (χ0v) is 18.2. The average Bonchev–Trinajstić information content (AvgIpc) is 2.73. The van der Waals surface area contributed by atoms with Crippen molar-refractivity contribution < 1.29 is 29.6 Å². The predicted molar refractivity (Wildman–Crippen MR) is 114 cm³/mol. The second kappa shape index (κ2) is 13.1. The first-order valence-electron chi connectivity index (χ1n) is 10.4. The molecule has 1 aromatic carbocycles. The summed E-state index contributed by atoms with van der Waals surface area (Å²) in [6.45, 7) is 7.79. The van der Waals surface area contributed by atoms with Crippen molar-refractivity contribution in [1.82, 2.24) is 0 Å². The molecule has 1 saturated heterocycles. The topological polar surface area (TPSA) is 174 Å². The average molecular weight is 452 g/mol. The van der Waals surface area contributed by atoms with Gasteiger partial charge in [-0.05, 0) is 38.7 Å². The molecule has 0 saturated carbocycles. The standard InChI is InChI=1S/C14H25NO.C6H3N3O7/c1-3-7-13(2)12-14(16)8-11-15-9-5-4-6-10-15;10-6-4(8(13)14)1-3(7(11)12)2-5(6)9(15)16/h12H,3-11H2,1-2H3;1-2,10H/b13-12+;. The SMILES string of the molecule is CCC/C(C)=C/C(=O)CC[NH+]1CCCCC1.O=[N+]([O-])c1cc([N+](=O)[O-])c([O-])c([N+](=O)[O-])c1. The number of nitro benzene ring substituents is 3.